The summed E-state index contributed by atoms with van der Waals surface area (Å²) in [6, 6.07) is 3.06. The molecule has 1 aliphatic rings. The van der Waals surface area contributed by atoms with Crippen molar-refractivity contribution in [3.8, 4) is 11.5 Å². The zero-order chi connectivity index (χ0) is 13.3. The molecule has 3 nitrogen and oxygen atoms in total. The molecule has 100 valence electrons. The molecule has 2 rings (SSSR count). The molecule has 0 amide bonds. The second-order valence-electron chi connectivity index (χ2n) is 4.11. The topological polar surface area (TPSA) is 44.5 Å². The second kappa shape index (κ2) is 4.64. The molecule has 0 unspecified atom stereocenters. The first-order valence-electron chi connectivity index (χ1n) is 5.31. The lowest BCUT2D eigenvalue weighted by Gasteiger charge is -2.32. The number of alkyl halides is 3. The Balaban J connectivity index is 2.06. The van der Waals surface area contributed by atoms with Gasteiger partial charge in [-0.15, -0.1) is 13.2 Å². The number of nitrogens with two attached hydrogens (primary N) is 1. The third kappa shape index (κ3) is 3.25. The third-order valence-electron chi connectivity index (χ3n) is 2.56. The predicted octanol–water partition coefficient (Wildman–Crippen LogP) is 2.59. The molecule has 0 aliphatic heterocycles. The zero-order valence-corrected chi connectivity index (χ0v) is 9.21. The first kappa shape index (κ1) is 12.9. The summed E-state index contributed by atoms with van der Waals surface area (Å²) < 4.78 is 58.0. The van der Waals surface area contributed by atoms with Gasteiger partial charge >= 0.3 is 6.36 Å². The van der Waals surface area contributed by atoms with Gasteiger partial charge in [-0.05, 0) is 25.0 Å². The van der Waals surface area contributed by atoms with Gasteiger partial charge in [0.1, 0.15) is 11.9 Å². The van der Waals surface area contributed by atoms with Crippen molar-refractivity contribution in [3.63, 3.8) is 0 Å². The van der Waals surface area contributed by atoms with Crippen LogP contribution in [-0.4, -0.2) is 18.5 Å². The molecule has 1 saturated carbocycles. The Morgan fingerprint density at radius 2 is 1.89 bits per heavy atom. The number of benzene rings is 1. The molecular formula is C11H11F4NO2. The molecule has 0 aromatic heterocycles. The number of halogens is 4. The maximum atomic E-state index is 13.1. The molecule has 0 saturated heterocycles. The highest BCUT2D eigenvalue weighted by molar-refractivity contribution is 5.34. The number of hydrogen-bond donors (Lipinski definition) is 1. The van der Waals surface area contributed by atoms with Crippen molar-refractivity contribution in [2.45, 2.75) is 31.3 Å². The van der Waals surface area contributed by atoms with Crippen LogP contribution in [0.5, 0.6) is 11.5 Å². The first-order valence-corrected chi connectivity index (χ1v) is 5.31. The molecule has 7 heteroatoms. The SMILES string of the molecule is NC1CC(Oc2ccc(F)c(OC(F)(F)F)c2)C1. The molecule has 0 bridgehead atoms. The average molecular weight is 265 g/mol. The van der Waals surface area contributed by atoms with Crippen molar-refractivity contribution in [2.75, 3.05) is 0 Å². The van der Waals surface area contributed by atoms with Crippen molar-refractivity contribution in [1.29, 1.82) is 0 Å². The van der Waals surface area contributed by atoms with E-state index in [0.717, 1.165) is 12.1 Å². The van der Waals surface area contributed by atoms with Crippen LogP contribution in [0.15, 0.2) is 18.2 Å². The molecule has 0 radical (unpaired) electrons. The molecule has 18 heavy (non-hydrogen) atoms. The van der Waals surface area contributed by atoms with Gasteiger partial charge in [-0.25, -0.2) is 4.39 Å². The van der Waals surface area contributed by atoms with Crippen LogP contribution < -0.4 is 15.2 Å². The smallest absolute Gasteiger partial charge is 0.490 e. The fourth-order valence-electron chi connectivity index (χ4n) is 1.65. The van der Waals surface area contributed by atoms with Crippen molar-refractivity contribution in [1.82, 2.24) is 0 Å². The predicted molar refractivity (Wildman–Crippen MR) is 54.7 cm³/mol. The summed E-state index contributed by atoms with van der Waals surface area (Å²) >= 11 is 0. The molecule has 1 fully saturated rings. The van der Waals surface area contributed by atoms with Gasteiger partial charge < -0.3 is 15.2 Å². The van der Waals surface area contributed by atoms with Crippen LogP contribution in [0.25, 0.3) is 0 Å². The van der Waals surface area contributed by atoms with E-state index in [1.807, 2.05) is 0 Å². The minimum absolute atomic E-state index is 0.0568. The Hall–Kier alpha value is -1.50. The Labute approximate surface area is 100 Å². The highest BCUT2D eigenvalue weighted by atomic mass is 19.4. The number of hydrogen-bond acceptors (Lipinski definition) is 3. The lowest BCUT2D eigenvalue weighted by atomic mass is 9.90. The van der Waals surface area contributed by atoms with Gasteiger partial charge in [-0.1, -0.05) is 0 Å². The first-order chi connectivity index (χ1) is 8.33. The zero-order valence-electron chi connectivity index (χ0n) is 9.21. The van der Waals surface area contributed by atoms with E-state index in [4.69, 9.17) is 10.5 Å². The summed E-state index contributed by atoms with van der Waals surface area (Å²) in [5.41, 5.74) is 5.55. The molecule has 0 heterocycles. The van der Waals surface area contributed by atoms with Crippen LogP contribution in [0.1, 0.15) is 12.8 Å². The fraction of sp³-hybridized carbons (Fsp3) is 0.455. The maximum absolute atomic E-state index is 13.1. The Bertz CT molecular complexity index is 430. The highest BCUT2D eigenvalue weighted by Crippen LogP contribution is 2.31. The molecule has 2 N–H and O–H groups in total. The van der Waals surface area contributed by atoms with E-state index >= 15 is 0 Å². The standard InChI is InChI=1S/C11H11F4NO2/c12-9-2-1-7(17-8-3-6(16)4-8)5-10(9)18-11(13,14)15/h1-2,5-6,8H,3-4,16H2. The van der Waals surface area contributed by atoms with Gasteiger partial charge in [0.2, 0.25) is 0 Å². The van der Waals surface area contributed by atoms with E-state index in [1.54, 1.807) is 0 Å². The summed E-state index contributed by atoms with van der Waals surface area (Å²) in [5, 5.41) is 0. The average Bonchev–Trinajstić information content (AvgIpc) is 2.18. The fourth-order valence-corrected chi connectivity index (χ4v) is 1.65. The minimum atomic E-state index is -4.93. The largest absolute Gasteiger partial charge is 0.573 e. The van der Waals surface area contributed by atoms with Crippen molar-refractivity contribution < 1.29 is 27.0 Å². The summed E-state index contributed by atoms with van der Waals surface area (Å²) in [6.45, 7) is 0. The molecule has 1 aromatic rings. The highest BCUT2D eigenvalue weighted by Gasteiger charge is 2.33. The van der Waals surface area contributed by atoms with E-state index in [1.165, 1.54) is 6.07 Å². The van der Waals surface area contributed by atoms with Gasteiger partial charge in [0, 0.05) is 12.1 Å². The molecule has 1 aliphatic carbocycles. The van der Waals surface area contributed by atoms with Crippen LogP contribution >= 0.6 is 0 Å². The van der Waals surface area contributed by atoms with Gasteiger partial charge in [-0.3, -0.25) is 0 Å². The second-order valence-corrected chi connectivity index (χ2v) is 4.11. The van der Waals surface area contributed by atoms with E-state index in [0.29, 0.717) is 12.8 Å². The van der Waals surface area contributed by atoms with Gasteiger partial charge in [0.05, 0.1) is 0 Å². The van der Waals surface area contributed by atoms with Gasteiger partial charge in [-0.2, -0.15) is 0 Å². The van der Waals surface area contributed by atoms with Crippen molar-refractivity contribution >= 4 is 0 Å². The summed E-state index contributed by atoms with van der Waals surface area (Å²) in [6.07, 6.45) is -3.80. The van der Waals surface area contributed by atoms with Crippen LogP contribution in [0, 0.1) is 5.82 Å². The van der Waals surface area contributed by atoms with Crippen LogP contribution in [0.3, 0.4) is 0 Å². The molecular weight excluding hydrogens is 254 g/mol. The van der Waals surface area contributed by atoms with Crippen LogP contribution in [0.4, 0.5) is 17.6 Å². The van der Waals surface area contributed by atoms with Crippen molar-refractivity contribution in [3.05, 3.63) is 24.0 Å². The van der Waals surface area contributed by atoms with E-state index in [2.05, 4.69) is 4.74 Å². The van der Waals surface area contributed by atoms with Gasteiger partial charge in [0.25, 0.3) is 0 Å². The summed E-state index contributed by atoms with van der Waals surface area (Å²) in [4.78, 5) is 0. The summed E-state index contributed by atoms with van der Waals surface area (Å²) in [7, 11) is 0. The molecule has 0 spiro atoms. The lowest BCUT2D eigenvalue weighted by molar-refractivity contribution is -0.275. The van der Waals surface area contributed by atoms with Crippen LogP contribution in [-0.2, 0) is 0 Å². The quantitative estimate of drug-likeness (QED) is 0.854. The molecule has 1 aromatic carbocycles. The van der Waals surface area contributed by atoms with E-state index < -0.39 is 17.9 Å². The summed E-state index contributed by atoms with van der Waals surface area (Å²) in [5.74, 6) is -1.86. The minimum Gasteiger partial charge on any atom is -0.490 e. The monoisotopic (exact) mass is 265 g/mol. The third-order valence-corrected chi connectivity index (χ3v) is 2.56. The van der Waals surface area contributed by atoms with Gasteiger partial charge in [0.15, 0.2) is 11.6 Å². The van der Waals surface area contributed by atoms with Crippen LogP contribution in [0.2, 0.25) is 0 Å². The Morgan fingerprint density at radius 1 is 1.22 bits per heavy atom. The molecule has 0 atom stereocenters. The van der Waals surface area contributed by atoms with E-state index in [-0.39, 0.29) is 17.9 Å². The Kier molecular flexibility index (Phi) is 3.34. The number of ether oxygens (including phenoxy) is 2. The van der Waals surface area contributed by atoms with E-state index in [9.17, 15) is 17.6 Å². The lowest BCUT2D eigenvalue weighted by Crippen LogP contribution is -2.43. The normalized spacial score (nSPS) is 23.4. The maximum Gasteiger partial charge on any atom is 0.573 e. The van der Waals surface area contributed by atoms with Crippen molar-refractivity contribution in [2.24, 2.45) is 5.73 Å². The Morgan fingerprint density at radius 3 is 2.44 bits per heavy atom. The number of rotatable bonds is 3.